The van der Waals surface area contributed by atoms with Crippen molar-refractivity contribution in [2.75, 3.05) is 50.0 Å². The SMILES string of the molecule is Cc1ccc(-c2cc3nc(C(=O)N4CCOCC4)cn3c(NCCNc3ccc(C#N)cn3)n2)c(Cl)c1. The maximum atomic E-state index is 13.1. The number of pyridine rings is 1. The molecular formula is C26H25ClN8O2. The average molecular weight is 517 g/mol. The summed E-state index contributed by atoms with van der Waals surface area (Å²) in [6.07, 6.45) is 3.23. The second-order valence-electron chi connectivity index (χ2n) is 8.60. The molecule has 1 fully saturated rings. The Labute approximate surface area is 218 Å². The van der Waals surface area contributed by atoms with Gasteiger partial charge in [-0.2, -0.15) is 5.26 Å². The van der Waals surface area contributed by atoms with Crippen molar-refractivity contribution in [3.8, 4) is 17.3 Å². The molecule has 3 aromatic heterocycles. The molecule has 0 bridgehead atoms. The number of halogens is 1. The summed E-state index contributed by atoms with van der Waals surface area (Å²) in [5.41, 5.74) is 3.92. The van der Waals surface area contributed by atoms with Gasteiger partial charge >= 0.3 is 0 Å². The van der Waals surface area contributed by atoms with Gasteiger partial charge in [0.15, 0.2) is 0 Å². The van der Waals surface area contributed by atoms with E-state index in [0.717, 1.165) is 11.1 Å². The van der Waals surface area contributed by atoms with Crippen molar-refractivity contribution in [3.05, 3.63) is 70.6 Å². The minimum Gasteiger partial charge on any atom is -0.378 e. The number of ether oxygens (including phenoxy) is 1. The Morgan fingerprint density at radius 1 is 1.14 bits per heavy atom. The van der Waals surface area contributed by atoms with E-state index in [9.17, 15) is 4.79 Å². The largest absolute Gasteiger partial charge is 0.378 e. The summed E-state index contributed by atoms with van der Waals surface area (Å²) in [5, 5.41) is 16.1. The zero-order chi connectivity index (χ0) is 25.8. The molecule has 1 aliphatic heterocycles. The Morgan fingerprint density at radius 2 is 1.95 bits per heavy atom. The number of imidazole rings is 1. The van der Waals surface area contributed by atoms with Gasteiger partial charge in [-0.05, 0) is 30.7 Å². The summed E-state index contributed by atoms with van der Waals surface area (Å²) in [6.45, 7) is 5.15. The topological polar surface area (TPSA) is 120 Å². The number of hydrogen-bond acceptors (Lipinski definition) is 8. The first-order valence-corrected chi connectivity index (χ1v) is 12.3. The average Bonchev–Trinajstić information content (AvgIpc) is 3.36. The molecular weight excluding hydrogens is 492 g/mol. The highest BCUT2D eigenvalue weighted by Crippen LogP contribution is 2.29. The summed E-state index contributed by atoms with van der Waals surface area (Å²) in [6, 6.07) is 13.2. The number of nitrogens with zero attached hydrogens (tertiary/aromatic N) is 6. The number of carbonyl (C=O) groups excluding carboxylic acids is 1. The Balaban J connectivity index is 1.42. The van der Waals surface area contributed by atoms with Gasteiger partial charge < -0.3 is 20.3 Å². The lowest BCUT2D eigenvalue weighted by Gasteiger charge is -2.25. The van der Waals surface area contributed by atoms with Gasteiger partial charge in [0, 0.05) is 50.2 Å². The predicted molar refractivity (Wildman–Crippen MR) is 141 cm³/mol. The van der Waals surface area contributed by atoms with Crippen LogP contribution in [-0.4, -0.2) is 69.6 Å². The third-order valence-corrected chi connectivity index (χ3v) is 6.29. The molecule has 0 saturated carbocycles. The molecule has 1 amide bonds. The maximum absolute atomic E-state index is 13.1. The molecule has 1 saturated heterocycles. The molecule has 0 unspecified atom stereocenters. The first kappa shape index (κ1) is 24.5. The summed E-state index contributed by atoms with van der Waals surface area (Å²) >= 11 is 6.54. The van der Waals surface area contributed by atoms with Crippen LogP contribution in [0.1, 0.15) is 21.6 Å². The molecule has 0 atom stereocenters. The monoisotopic (exact) mass is 516 g/mol. The molecule has 37 heavy (non-hydrogen) atoms. The van der Waals surface area contributed by atoms with Crippen molar-refractivity contribution in [2.45, 2.75) is 6.92 Å². The zero-order valence-electron chi connectivity index (χ0n) is 20.2. The number of aromatic nitrogens is 4. The van der Waals surface area contributed by atoms with Gasteiger partial charge in [0.2, 0.25) is 5.95 Å². The number of rotatable bonds is 7. The summed E-state index contributed by atoms with van der Waals surface area (Å²) in [7, 11) is 0. The number of fused-ring (bicyclic) bond motifs is 1. The standard InChI is InChI=1S/C26H25ClN8O2/c1-17-2-4-19(20(27)12-17)21-13-24-32-22(25(36)34-8-10-37-11-9-34)16-35(24)26(33-21)30-7-6-29-23-5-3-18(14-28)15-31-23/h2-5,12-13,15-16H,6-11H2,1H3,(H,29,31)(H,30,33). The lowest BCUT2D eigenvalue weighted by atomic mass is 10.1. The first-order chi connectivity index (χ1) is 18.0. The van der Waals surface area contributed by atoms with E-state index in [-0.39, 0.29) is 5.91 Å². The number of anilines is 2. The van der Waals surface area contributed by atoms with Crippen LogP contribution in [0, 0.1) is 18.3 Å². The van der Waals surface area contributed by atoms with Gasteiger partial charge in [0.25, 0.3) is 5.91 Å². The van der Waals surface area contributed by atoms with Gasteiger partial charge in [-0.1, -0.05) is 23.7 Å². The van der Waals surface area contributed by atoms with Crippen molar-refractivity contribution in [2.24, 2.45) is 0 Å². The number of benzene rings is 1. The van der Waals surface area contributed by atoms with Crippen LogP contribution in [0.25, 0.3) is 16.9 Å². The zero-order valence-corrected chi connectivity index (χ0v) is 21.0. The fraction of sp³-hybridized carbons (Fsp3) is 0.269. The summed E-state index contributed by atoms with van der Waals surface area (Å²) in [4.78, 5) is 28.5. The van der Waals surface area contributed by atoms with Crippen LogP contribution in [0.2, 0.25) is 5.02 Å². The number of carbonyl (C=O) groups is 1. The van der Waals surface area contributed by atoms with E-state index in [1.54, 1.807) is 27.6 Å². The van der Waals surface area contributed by atoms with E-state index in [4.69, 9.17) is 26.6 Å². The first-order valence-electron chi connectivity index (χ1n) is 11.9. The molecule has 5 rings (SSSR count). The number of aryl methyl sites for hydroxylation is 1. The fourth-order valence-electron chi connectivity index (χ4n) is 4.04. The molecule has 1 aromatic carbocycles. The van der Waals surface area contributed by atoms with E-state index in [1.807, 2.05) is 31.2 Å². The normalized spacial score (nSPS) is 13.4. The lowest BCUT2D eigenvalue weighted by molar-refractivity contribution is 0.0299. The van der Waals surface area contributed by atoms with Crippen LogP contribution >= 0.6 is 11.6 Å². The van der Waals surface area contributed by atoms with Gasteiger partial charge in [-0.3, -0.25) is 9.20 Å². The second-order valence-corrected chi connectivity index (χ2v) is 9.01. The lowest BCUT2D eigenvalue weighted by Crippen LogP contribution is -2.40. The molecule has 2 N–H and O–H groups in total. The summed E-state index contributed by atoms with van der Waals surface area (Å²) < 4.78 is 7.15. The number of nitriles is 1. The molecule has 188 valence electrons. The highest BCUT2D eigenvalue weighted by Gasteiger charge is 2.22. The molecule has 11 heteroatoms. The molecule has 4 heterocycles. The predicted octanol–water partition coefficient (Wildman–Crippen LogP) is 3.62. The van der Waals surface area contributed by atoms with Crippen LogP contribution < -0.4 is 10.6 Å². The molecule has 0 radical (unpaired) electrons. The van der Waals surface area contributed by atoms with Crippen LogP contribution in [0.4, 0.5) is 11.8 Å². The Bertz CT molecular complexity index is 1470. The van der Waals surface area contributed by atoms with Crippen LogP contribution in [-0.2, 0) is 4.74 Å². The van der Waals surface area contributed by atoms with E-state index >= 15 is 0 Å². The molecule has 1 aliphatic rings. The van der Waals surface area contributed by atoms with Crippen molar-refractivity contribution in [3.63, 3.8) is 0 Å². The quantitative estimate of drug-likeness (QED) is 0.357. The fourth-order valence-corrected chi connectivity index (χ4v) is 4.37. The smallest absolute Gasteiger partial charge is 0.274 e. The maximum Gasteiger partial charge on any atom is 0.274 e. The van der Waals surface area contributed by atoms with Gasteiger partial charge in [0.1, 0.15) is 23.2 Å². The van der Waals surface area contributed by atoms with Crippen molar-refractivity contribution in [1.29, 1.82) is 5.26 Å². The number of nitrogens with one attached hydrogen (secondary N) is 2. The van der Waals surface area contributed by atoms with Crippen LogP contribution in [0.3, 0.4) is 0 Å². The van der Waals surface area contributed by atoms with Gasteiger partial charge in [0.05, 0.1) is 29.5 Å². The molecule has 0 spiro atoms. The Hall–Kier alpha value is -4.20. The van der Waals surface area contributed by atoms with Crippen molar-refractivity contribution in [1.82, 2.24) is 24.3 Å². The van der Waals surface area contributed by atoms with Gasteiger partial charge in [-0.25, -0.2) is 15.0 Å². The van der Waals surface area contributed by atoms with E-state index in [2.05, 4.69) is 26.7 Å². The van der Waals surface area contributed by atoms with E-state index in [1.165, 1.54) is 6.20 Å². The third-order valence-electron chi connectivity index (χ3n) is 5.98. The van der Waals surface area contributed by atoms with Crippen molar-refractivity contribution < 1.29 is 9.53 Å². The summed E-state index contributed by atoms with van der Waals surface area (Å²) in [5.74, 6) is 1.06. The number of morpholine rings is 1. The molecule has 4 aromatic rings. The van der Waals surface area contributed by atoms with Crippen LogP contribution in [0.15, 0.2) is 48.8 Å². The third kappa shape index (κ3) is 5.48. The van der Waals surface area contributed by atoms with Crippen LogP contribution in [0.5, 0.6) is 0 Å². The minimum atomic E-state index is -0.138. The van der Waals surface area contributed by atoms with E-state index in [0.29, 0.717) is 78.8 Å². The number of hydrogen-bond donors (Lipinski definition) is 2. The van der Waals surface area contributed by atoms with Gasteiger partial charge in [-0.15, -0.1) is 0 Å². The highest BCUT2D eigenvalue weighted by molar-refractivity contribution is 6.33. The Morgan fingerprint density at radius 3 is 2.68 bits per heavy atom. The van der Waals surface area contributed by atoms with Crippen molar-refractivity contribution >= 4 is 34.9 Å². The van der Waals surface area contributed by atoms with E-state index < -0.39 is 0 Å². The highest BCUT2D eigenvalue weighted by atomic mass is 35.5. The molecule has 10 nitrogen and oxygen atoms in total. The minimum absolute atomic E-state index is 0.138. The Kier molecular flexibility index (Phi) is 7.16. The number of amides is 1. The second kappa shape index (κ2) is 10.8. The molecule has 0 aliphatic carbocycles.